The maximum Gasteiger partial charge on any atom is 0.229 e. The van der Waals surface area contributed by atoms with E-state index in [0.29, 0.717) is 0 Å². The first-order valence-corrected chi connectivity index (χ1v) is 3.73. The van der Waals surface area contributed by atoms with Gasteiger partial charge < -0.3 is 4.79 Å². The van der Waals surface area contributed by atoms with Gasteiger partial charge in [-0.1, -0.05) is 0 Å². The number of carbonyl (C=O) groups is 3. The van der Waals surface area contributed by atoms with Crippen LogP contribution in [0.25, 0.3) is 0 Å². The van der Waals surface area contributed by atoms with Crippen molar-refractivity contribution in [1.29, 1.82) is 0 Å². The van der Waals surface area contributed by atoms with Gasteiger partial charge in [-0.3, -0.25) is 14.5 Å². The largest absolute Gasteiger partial charge is 0.313 e. The van der Waals surface area contributed by atoms with Crippen LogP contribution in [0.4, 0.5) is 0 Å². The van der Waals surface area contributed by atoms with Crippen LogP contribution < -0.4 is 0 Å². The Morgan fingerprint density at radius 2 is 1.83 bits per heavy atom. The predicted octanol–water partition coefficient (Wildman–Crippen LogP) is -0.779. The lowest BCUT2D eigenvalue weighted by molar-refractivity contribution is -0.138. The van der Waals surface area contributed by atoms with E-state index in [1.807, 2.05) is 0 Å². The molecule has 4 nitrogen and oxygen atoms in total. The highest BCUT2D eigenvalue weighted by Gasteiger charge is 2.28. The monoisotopic (exact) mass is 165 g/mol. The molecule has 0 N–H and O–H groups in total. The van der Waals surface area contributed by atoms with Crippen LogP contribution >= 0.6 is 0 Å². The normalized spacial score (nSPS) is 17.2. The molecule has 0 aromatic heterocycles. The lowest BCUT2D eigenvalue weighted by Gasteiger charge is -2.11. The minimum absolute atomic E-state index is 0.0531. The first-order chi connectivity index (χ1) is 5.61. The van der Waals surface area contributed by atoms with Crippen molar-refractivity contribution in [2.45, 2.75) is 19.3 Å². The molecule has 1 aliphatic rings. The highest BCUT2D eigenvalue weighted by molar-refractivity contribution is 6.57. The molecule has 0 bridgehead atoms. The summed E-state index contributed by atoms with van der Waals surface area (Å²) in [6, 6.07) is 0. The van der Waals surface area contributed by atoms with Crippen LogP contribution in [0.5, 0.6) is 0 Å². The number of hydrogen-bond donors (Lipinski definition) is 0. The molecule has 2 amide bonds. The summed E-state index contributed by atoms with van der Waals surface area (Å²) in [5, 5.41) is 0. The molecule has 1 fully saturated rings. The molecule has 1 rings (SSSR count). The van der Waals surface area contributed by atoms with E-state index >= 15 is 0 Å². The van der Waals surface area contributed by atoms with Crippen molar-refractivity contribution in [2.24, 2.45) is 0 Å². The van der Waals surface area contributed by atoms with Crippen molar-refractivity contribution >= 4 is 25.3 Å². The van der Waals surface area contributed by atoms with E-state index in [-0.39, 0.29) is 37.6 Å². The van der Waals surface area contributed by atoms with Crippen LogP contribution in [0.1, 0.15) is 19.3 Å². The zero-order valence-corrected chi connectivity index (χ0v) is 6.58. The molecule has 0 aromatic carbocycles. The molecule has 0 spiro atoms. The van der Waals surface area contributed by atoms with Gasteiger partial charge in [-0.2, -0.15) is 0 Å². The van der Waals surface area contributed by atoms with E-state index in [1.165, 1.54) is 0 Å². The lowest BCUT2D eigenvalue weighted by atomic mass is 10.00. The van der Waals surface area contributed by atoms with Crippen molar-refractivity contribution in [1.82, 2.24) is 4.90 Å². The van der Waals surface area contributed by atoms with E-state index in [4.69, 9.17) is 7.85 Å². The molecule has 0 aliphatic carbocycles. The summed E-state index contributed by atoms with van der Waals surface area (Å²) in [5.74, 6) is -0.414. The summed E-state index contributed by atoms with van der Waals surface area (Å²) in [6.07, 6.45) is 0.576. The summed E-state index contributed by atoms with van der Waals surface area (Å²) in [4.78, 5) is 33.3. The van der Waals surface area contributed by atoms with E-state index < -0.39 is 5.68 Å². The number of likely N-dealkylation sites (tertiary alicyclic amines) is 1. The second-order valence-corrected chi connectivity index (χ2v) is 2.66. The van der Waals surface area contributed by atoms with Crippen LogP contribution in [-0.2, 0) is 14.4 Å². The Labute approximate surface area is 71.3 Å². The van der Waals surface area contributed by atoms with Crippen molar-refractivity contribution in [3.8, 4) is 0 Å². The third-order valence-electron chi connectivity index (χ3n) is 1.74. The first-order valence-electron chi connectivity index (χ1n) is 3.73. The van der Waals surface area contributed by atoms with Crippen molar-refractivity contribution < 1.29 is 14.4 Å². The fourth-order valence-corrected chi connectivity index (χ4v) is 1.09. The number of carbonyl (C=O) groups excluding carboxylic acids is 3. The molecule has 1 heterocycles. The Hall–Kier alpha value is -1.13. The topological polar surface area (TPSA) is 54.5 Å². The van der Waals surface area contributed by atoms with Gasteiger partial charge in [-0.15, -0.1) is 0 Å². The zero-order chi connectivity index (χ0) is 9.14. The van der Waals surface area contributed by atoms with Gasteiger partial charge in [0.1, 0.15) is 0 Å². The molecular weight excluding hydrogens is 157 g/mol. The lowest BCUT2D eigenvalue weighted by Crippen LogP contribution is -2.31. The summed E-state index contributed by atoms with van der Waals surface area (Å²) in [5.41, 5.74) is -0.498. The van der Waals surface area contributed by atoms with E-state index in [9.17, 15) is 14.4 Å². The van der Waals surface area contributed by atoms with Gasteiger partial charge in [0.15, 0.2) is 7.85 Å². The standard InChI is InChI=1S/C7H8BNO3/c8-5(10)3-4-9-6(11)1-2-7(9)12/h1-4H2. The first kappa shape index (κ1) is 8.97. The number of nitrogens with zero attached hydrogens (tertiary/aromatic N) is 1. The number of rotatable bonds is 3. The van der Waals surface area contributed by atoms with Gasteiger partial charge >= 0.3 is 0 Å². The van der Waals surface area contributed by atoms with Gasteiger partial charge in [0, 0.05) is 25.8 Å². The fourth-order valence-electron chi connectivity index (χ4n) is 1.09. The molecule has 0 saturated carbocycles. The van der Waals surface area contributed by atoms with Crippen LogP contribution in [0.3, 0.4) is 0 Å². The SMILES string of the molecule is [B]C(=O)CCN1C(=O)CCC1=O. The Balaban J connectivity index is 2.45. The van der Waals surface area contributed by atoms with Crippen LogP contribution in [-0.4, -0.2) is 36.8 Å². The molecule has 0 aromatic rings. The summed E-state index contributed by atoms with van der Waals surface area (Å²) in [6.45, 7) is 0.132. The molecule has 1 saturated heterocycles. The van der Waals surface area contributed by atoms with Gasteiger partial charge in [-0.25, -0.2) is 0 Å². The van der Waals surface area contributed by atoms with Gasteiger partial charge in [0.2, 0.25) is 11.8 Å². The van der Waals surface area contributed by atoms with Crippen molar-refractivity contribution in [3.63, 3.8) is 0 Å². The third-order valence-corrected chi connectivity index (χ3v) is 1.74. The minimum Gasteiger partial charge on any atom is -0.313 e. The Morgan fingerprint density at radius 1 is 1.33 bits per heavy atom. The second-order valence-electron chi connectivity index (χ2n) is 2.66. The van der Waals surface area contributed by atoms with Crippen LogP contribution in [0.2, 0.25) is 0 Å². The van der Waals surface area contributed by atoms with Crippen LogP contribution in [0, 0.1) is 0 Å². The Morgan fingerprint density at radius 3 is 2.25 bits per heavy atom. The minimum atomic E-state index is -0.498. The Kier molecular flexibility index (Phi) is 2.63. The van der Waals surface area contributed by atoms with E-state index in [2.05, 4.69) is 0 Å². The van der Waals surface area contributed by atoms with Gasteiger partial charge in [0.25, 0.3) is 0 Å². The van der Waals surface area contributed by atoms with Crippen molar-refractivity contribution in [3.05, 3.63) is 0 Å². The molecule has 0 atom stereocenters. The maximum atomic E-state index is 11.0. The maximum absolute atomic E-state index is 11.0. The third kappa shape index (κ3) is 1.93. The van der Waals surface area contributed by atoms with Crippen LogP contribution in [0.15, 0.2) is 0 Å². The average Bonchev–Trinajstić information content (AvgIpc) is 2.28. The average molecular weight is 165 g/mol. The number of amides is 2. The van der Waals surface area contributed by atoms with Gasteiger partial charge in [0.05, 0.1) is 5.68 Å². The molecule has 12 heavy (non-hydrogen) atoms. The summed E-state index contributed by atoms with van der Waals surface area (Å²) in [7, 11) is 4.87. The number of hydrogen-bond acceptors (Lipinski definition) is 3. The van der Waals surface area contributed by atoms with Gasteiger partial charge in [-0.05, 0) is 0 Å². The predicted molar refractivity (Wildman–Crippen MR) is 41.3 cm³/mol. The summed E-state index contributed by atoms with van der Waals surface area (Å²) < 4.78 is 0. The summed E-state index contributed by atoms with van der Waals surface area (Å²) >= 11 is 0. The molecule has 1 aliphatic heterocycles. The van der Waals surface area contributed by atoms with Crippen molar-refractivity contribution in [2.75, 3.05) is 6.54 Å². The highest BCUT2D eigenvalue weighted by atomic mass is 16.2. The quantitative estimate of drug-likeness (QED) is 0.407. The molecule has 5 heteroatoms. The molecular formula is C7H8BNO3. The smallest absolute Gasteiger partial charge is 0.229 e. The molecule has 62 valence electrons. The number of imide groups is 1. The fraction of sp³-hybridized carbons (Fsp3) is 0.571. The van der Waals surface area contributed by atoms with E-state index in [0.717, 1.165) is 4.90 Å². The Bertz CT molecular complexity index is 223. The zero-order valence-electron chi connectivity index (χ0n) is 6.58. The molecule has 0 unspecified atom stereocenters. The second kappa shape index (κ2) is 3.52. The van der Waals surface area contributed by atoms with E-state index in [1.54, 1.807) is 0 Å². The molecule has 2 radical (unpaired) electrons. The highest BCUT2D eigenvalue weighted by Crippen LogP contribution is 2.11.